The lowest BCUT2D eigenvalue weighted by Gasteiger charge is -2.32. The van der Waals surface area contributed by atoms with Crippen LogP contribution >= 0.6 is 31.9 Å². The minimum absolute atomic E-state index is 0.332. The fourth-order valence-corrected chi connectivity index (χ4v) is 18.9. The highest BCUT2D eigenvalue weighted by Crippen LogP contribution is 2.60. The molecule has 1 fully saturated rings. The lowest BCUT2D eigenvalue weighted by Crippen LogP contribution is -2.41. The predicted octanol–water partition coefficient (Wildman–Crippen LogP) is 32.5. The predicted molar refractivity (Wildman–Crippen MR) is 520 cm³/mol. The molecule has 0 N–H and O–H groups in total. The van der Waals surface area contributed by atoms with Crippen molar-refractivity contribution in [1.82, 2.24) is 0 Å². The Kier molecular flexibility index (Phi) is 20.4. The molecule has 121 heavy (non-hydrogen) atoms. The van der Waals surface area contributed by atoms with Crippen molar-refractivity contribution in [3.63, 3.8) is 0 Å². The molecule has 576 valence electrons. The Morgan fingerprint density at radius 1 is 0.182 bits per heavy atom. The second-order valence-electron chi connectivity index (χ2n) is 32.6. The third kappa shape index (κ3) is 14.7. The summed E-state index contributed by atoms with van der Waals surface area (Å²) in [5, 5.41) is 5.21. The highest BCUT2D eigenvalue weighted by atomic mass is 79.9. The second-order valence-corrected chi connectivity index (χ2v) is 34.4. The molecule has 0 amide bonds. The third-order valence-electron chi connectivity index (χ3n) is 24.6. The molecule has 1 heterocycles. The first-order valence-electron chi connectivity index (χ1n) is 41.6. The standard InChI is InChI=1S/C58H38.C34H20Br2.C24H25BO2/c1-4-16-39(17-5-1)43-24-10-26-45(34-43)47-28-12-30-49(36-47)54-38-53(41-20-8-3-9-21-41)56(58-52-33-15-23-42-22-14-32-51(55(42)52)57(54)58)50-31-13-29-48(37-50)46-27-11-25-44(35-46)40-18-6-2-7-19-40;35-25-14-4-12-23(18-25)30-20-29(21-8-2-1-3-9-21)32(24-13-5-15-26(36)19-24)34-28-17-7-11-22-10-6-16-27(31(22)28)33(30)34;1-23(2)24(3,4)27-25(26-23)22-15-9-14-21(17-22)20-13-8-12-19(16-20)18-10-6-5-7-11-18/h1-38H;1-20H;5-17H,1-4H3. The van der Waals surface area contributed by atoms with Gasteiger partial charge in [-0.3, -0.25) is 0 Å². The number of hydrogen-bond acceptors (Lipinski definition) is 2. The maximum atomic E-state index is 6.21. The average molecular weight is 1680 g/mol. The van der Waals surface area contributed by atoms with Gasteiger partial charge in [0.1, 0.15) is 0 Å². The van der Waals surface area contributed by atoms with Crippen molar-refractivity contribution in [2.75, 3.05) is 0 Å². The highest BCUT2D eigenvalue weighted by molar-refractivity contribution is 9.10. The van der Waals surface area contributed by atoms with Crippen LogP contribution in [0.25, 0.3) is 200 Å². The van der Waals surface area contributed by atoms with Crippen LogP contribution in [0.1, 0.15) is 27.7 Å². The van der Waals surface area contributed by atoms with Gasteiger partial charge in [0.2, 0.25) is 0 Å². The van der Waals surface area contributed by atoms with Crippen molar-refractivity contribution in [2.45, 2.75) is 38.9 Å². The summed E-state index contributed by atoms with van der Waals surface area (Å²) in [4.78, 5) is 0. The van der Waals surface area contributed by atoms with Crippen molar-refractivity contribution in [1.29, 1.82) is 0 Å². The minimum Gasteiger partial charge on any atom is -0.399 e. The van der Waals surface area contributed by atoms with E-state index in [4.69, 9.17) is 9.31 Å². The summed E-state index contributed by atoms with van der Waals surface area (Å²) >= 11 is 7.45. The van der Waals surface area contributed by atoms with Gasteiger partial charge in [-0.15, -0.1) is 0 Å². The van der Waals surface area contributed by atoms with Crippen molar-refractivity contribution < 1.29 is 9.31 Å². The van der Waals surface area contributed by atoms with Crippen LogP contribution in [-0.2, 0) is 9.31 Å². The summed E-state index contributed by atoms with van der Waals surface area (Å²) < 4.78 is 14.6. The molecule has 1 aliphatic heterocycles. The van der Waals surface area contributed by atoms with E-state index in [0.717, 1.165) is 14.4 Å². The monoisotopic (exact) mass is 1680 g/mol. The summed E-state index contributed by atoms with van der Waals surface area (Å²) in [7, 11) is -0.341. The molecule has 0 aromatic heterocycles. The highest BCUT2D eigenvalue weighted by Gasteiger charge is 2.52. The number of hydrogen-bond donors (Lipinski definition) is 0. The van der Waals surface area contributed by atoms with E-state index in [1.807, 2.05) is 6.07 Å². The number of benzene rings is 19. The van der Waals surface area contributed by atoms with Gasteiger partial charge in [0.25, 0.3) is 0 Å². The van der Waals surface area contributed by atoms with E-state index in [2.05, 4.69) is 484 Å². The van der Waals surface area contributed by atoms with E-state index in [0.29, 0.717) is 0 Å². The number of fused-ring (bicyclic) bond motifs is 6. The topological polar surface area (TPSA) is 18.5 Å². The molecule has 0 saturated carbocycles. The number of rotatable bonds is 13. The minimum atomic E-state index is -0.341. The van der Waals surface area contributed by atoms with Crippen LogP contribution < -0.4 is 5.46 Å². The van der Waals surface area contributed by atoms with Crippen LogP contribution in [0.15, 0.2) is 440 Å². The fourth-order valence-electron chi connectivity index (χ4n) is 18.1. The summed E-state index contributed by atoms with van der Waals surface area (Å²) in [5.74, 6) is 0. The van der Waals surface area contributed by atoms with E-state index >= 15 is 0 Å². The summed E-state index contributed by atoms with van der Waals surface area (Å²) in [6.07, 6.45) is 0. The number of halogens is 2. The molecule has 22 rings (SSSR count). The van der Waals surface area contributed by atoms with E-state index in [1.54, 1.807) is 0 Å². The van der Waals surface area contributed by atoms with Crippen LogP contribution in [-0.4, -0.2) is 18.3 Å². The van der Waals surface area contributed by atoms with Gasteiger partial charge in [0.05, 0.1) is 11.2 Å². The molecule has 0 radical (unpaired) electrons. The van der Waals surface area contributed by atoms with Crippen molar-refractivity contribution in [3.05, 3.63) is 440 Å². The molecule has 0 spiro atoms. The molecule has 0 bridgehead atoms. The Balaban J connectivity index is 0.000000126. The maximum absolute atomic E-state index is 6.21. The molecular formula is C116H83BBr2O2. The lowest BCUT2D eigenvalue weighted by molar-refractivity contribution is 0.00578. The Bertz CT molecular complexity index is 7130. The van der Waals surface area contributed by atoms with Gasteiger partial charge in [-0.05, 0) is 299 Å². The van der Waals surface area contributed by atoms with E-state index in [9.17, 15) is 0 Å². The van der Waals surface area contributed by atoms with Crippen LogP contribution in [0.4, 0.5) is 0 Å². The Morgan fingerprint density at radius 2 is 0.421 bits per heavy atom. The van der Waals surface area contributed by atoms with Gasteiger partial charge in [0, 0.05) is 8.95 Å². The second kappa shape index (κ2) is 32.4. The first-order valence-corrected chi connectivity index (χ1v) is 43.1. The Hall–Kier alpha value is -13.4. The SMILES string of the molecule is Brc1cccc(-c2cc(-c3ccccc3)c(-c3cccc(Br)c3)c3c2-c2cccc4cccc-3c24)c1.CC1(C)OB(c2cccc(-c3cccc(-c4ccccc4)c3)c2)OC1(C)C.c1ccc(-c2cccc(-c3cccc(-c4cc(-c5ccccc5)c(-c5cccc(-c6cccc(-c7ccccc7)c6)c5)c5c4-c4cccc6cccc-5c46)c3)c2)cc1. The molecule has 1 saturated heterocycles. The lowest BCUT2D eigenvalue weighted by atomic mass is 9.78. The zero-order valence-corrected chi connectivity index (χ0v) is 70.8. The normalized spacial score (nSPS) is 12.9. The van der Waals surface area contributed by atoms with Gasteiger partial charge in [-0.25, -0.2) is 0 Å². The van der Waals surface area contributed by atoms with E-state index in [-0.39, 0.29) is 18.3 Å². The first kappa shape index (κ1) is 76.3. The van der Waals surface area contributed by atoms with Crippen molar-refractivity contribution in [3.8, 4) is 178 Å². The molecule has 2 nitrogen and oxygen atoms in total. The smallest absolute Gasteiger partial charge is 0.399 e. The Morgan fingerprint density at radius 3 is 0.785 bits per heavy atom. The average Bonchev–Trinajstić information content (AvgIpc) is 1.56. The summed E-state index contributed by atoms with van der Waals surface area (Å²) in [6, 6.07) is 156. The van der Waals surface area contributed by atoms with Crippen LogP contribution in [0.3, 0.4) is 0 Å². The molecule has 19 aromatic rings. The summed E-state index contributed by atoms with van der Waals surface area (Å²) in [5.41, 5.74) is 40.1. The van der Waals surface area contributed by atoms with Crippen LogP contribution in [0.2, 0.25) is 0 Å². The molecule has 0 atom stereocenters. The molecule has 2 aliphatic carbocycles. The largest absolute Gasteiger partial charge is 0.494 e. The molecule has 5 heteroatoms. The first-order chi connectivity index (χ1) is 59.3. The zero-order valence-electron chi connectivity index (χ0n) is 67.6. The van der Waals surface area contributed by atoms with Gasteiger partial charge in [0.15, 0.2) is 0 Å². The maximum Gasteiger partial charge on any atom is 0.494 e. The van der Waals surface area contributed by atoms with Crippen molar-refractivity contribution in [2.24, 2.45) is 0 Å². The molecule has 19 aromatic carbocycles. The van der Waals surface area contributed by atoms with Gasteiger partial charge >= 0.3 is 7.12 Å². The van der Waals surface area contributed by atoms with Gasteiger partial charge < -0.3 is 9.31 Å². The summed E-state index contributed by atoms with van der Waals surface area (Å²) in [6.45, 7) is 8.33. The van der Waals surface area contributed by atoms with E-state index < -0.39 is 0 Å². The third-order valence-corrected chi connectivity index (χ3v) is 25.6. The van der Waals surface area contributed by atoms with Crippen LogP contribution in [0.5, 0.6) is 0 Å². The molecular weight excluding hydrogens is 1600 g/mol. The Labute approximate surface area is 726 Å². The van der Waals surface area contributed by atoms with Gasteiger partial charge in [-0.2, -0.15) is 0 Å². The van der Waals surface area contributed by atoms with E-state index in [1.165, 1.54) is 200 Å². The molecule has 3 aliphatic rings. The quantitative estimate of drug-likeness (QED) is 0.107. The van der Waals surface area contributed by atoms with Gasteiger partial charge in [-0.1, -0.05) is 396 Å². The van der Waals surface area contributed by atoms with Crippen LogP contribution in [0, 0.1) is 0 Å². The fraction of sp³-hybridized carbons (Fsp3) is 0.0517. The molecule has 0 unspecified atom stereocenters. The zero-order chi connectivity index (χ0) is 81.7. The van der Waals surface area contributed by atoms with Crippen molar-refractivity contribution >= 4 is 66.0 Å².